The monoisotopic (exact) mass is 234 g/mol. The summed E-state index contributed by atoms with van der Waals surface area (Å²) in [6.07, 6.45) is 1.98. The minimum atomic E-state index is -0.0189. The van der Waals surface area contributed by atoms with Gasteiger partial charge in [0.15, 0.2) is 0 Å². The van der Waals surface area contributed by atoms with E-state index in [2.05, 4.69) is 11.9 Å². The van der Waals surface area contributed by atoms with Gasteiger partial charge in [0, 0.05) is 17.0 Å². The Labute approximate surface area is 100 Å². The number of halogens is 1. The lowest BCUT2D eigenvalue weighted by Gasteiger charge is -2.12. The van der Waals surface area contributed by atoms with Crippen LogP contribution in [0.1, 0.15) is 31.4 Å². The molecular formula is C13H15ClN2. The van der Waals surface area contributed by atoms with Crippen LogP contribution in [-0.4, -0.2) is 4.98 Å². The molecule has 0 radical (unpaired) electrons. The van der Waals surface area contributed by atoms with Crippen LogP contribution in [0.4, 0.5) is 0 Å². The van der Waals surface area contributed by atoms with Gasteiger partial charge in [0.2, 0.25) is 0 Å². The summed E-state index contributed by atoms with van der Waals surface area (Å²) >= 11 is 6.14. The summed E-state index contributed by atoms with van der Waals surface area (Å²) in [6.45, 7) is 2.11. The van der Waals surface area contributed by atoms with Crippen LogP contribution < -0.4 is 5.73 Å². The van der Waals surface area contributed by atoms with E-state index in [4.69, 9.17) is 17.3 Å². The van der Waals surface area contributed by atoms with Gasteiger partial charge in [0.05, 0.1) is 5.52 Å². The first-order chi connectivity index (χ1) is 7.72. The normalized spacial score (nSPS) is 12.9. The topological polar surface area (TPSA) is 38.9 Å². The smallest absolute Gasteiger partial charge is 0.134 e. The van der Waals surface area contributed by atoms with E-state index in [9.17, 15) is 0 Å². The van der Waals surface area contributed by atoms with Crippen LogP contribution in [-0.2, 0) is 0 Å². The van der Waals surface area contributed by atoms with E-state index in [1.54, 1.807) is 0 Å². The van der Waals surface area contributed by atoms with Gasteiger partial charge >= 0.3 is 0 Å². The molecule has 1 aromatic carbocycles. The maximum atomic E-state index is 6.14. The Morgan fingerprint density at radius 1 is 1.38 bits per heavy atom. The standard InChI is InChI=1S/C13H15ClN2/c1-2-5-11(15)10-8-9-6-3-4-7-12(9)16-13(10)14/h3-4,6-8,11H,2,5,15H2,1H3/t11-/m1/s1. The first-order valence-electron chi connectivity index (χ1n) is 5.53. The summed E-state index contributed by atoms with van der Waals surface area (Å²) in [5.41, 5.74) is 7.94. The van der Waals surface area contributed by atoms with Gasteiger partial charge in [0.1, 0.15) is 5.15 Å². The van der Waals surface area contributed by atoms with E-state index in [-0.39, 0.29) is 6.04 Å². The average Bonchev–Trinajstić information content (AvgIpc) is 2.28. The van der Waals surface area contributed by atoms with Crippen LogP contribution in [0.5, 0.6) is 0 Å². The molecule has 16 heavy (non-hydrogen) atoms. The molecule has 0 saturated carbocycles. The van der Waals surface area contributed by atoms with Crippen molar-refractivity contribution in [3.05, 3.63) is 41.0 Å². The van der Waals surface area contributed by atoms with Crippen LogP contribution in [0.2, 0.25) is 5.15 Å². The van der Waals surface area contributed by atoms with Gasteiger partial charge in [-0.05, 0) is 18.6 Å². The van der Waals surface area contributed by atoms with Crippen LogP contribution >= 0.6 is 11.6 Å². The Morgan fingerprint density at radius 2 is 2.12 bits per heavy atom. The number of hydrogen-bond donors (Lipinski definition) is 1. The van der Waals surface area contributed by atoms with Crippen LogP contribution in [0.15, 0.2) is 30.3 Å². The number of nitrogens with zero attached hydrogens (tertiary/aromatic N) is 1. The lowest BCUT2D eigenvalue weighted by molar-refractivity contribution is 0.637. The molecule has 1 heterocycles. The quantitative estimate of drug-likeness (QED) is 0.823. The Morgan fingerprint density at radius 3 is 2.88 bits per heavy atom. The lowest BCUT2D eigenvalue weighted by atomic mass is 10.0. The third kappa shape index (κ3) is 2.18. The summed E-state index contributed by atoms with van der Waals surface area (Å²) in [5.74, 6) is 0. The molecular weight excluding hydrogens is 220 g/mol. The molecule has 0 aliphatic rings. The first kappa shape index (κ1) is 11.4. The van der Waals surface area contributed by atoms with Crippen LogP contribution in [0.3, 0.4) is 0 Å². The van der Waals surface area contributed by atoms with E-state index >= 15 is 0 Å². The van der Waals surface area contributed by atoms with Gasteiger partial charge in [-0.25, -0.2) is 4.98 Å². The highest BCUT2D eigenvalue weighted by molar-refractivity contribution is 6.30. The Bertz CT molecular complexity index is 496. The Hall–Kier alpha value is -1.12. The summed E-state index contributed by atoms with van der Waals surface area (Å²) in [6, 6.07) is 9.96. The highest BCUT2D eigenvalue weighted by Crippen LogP contribution is 2.26. The minimum Gasteiger partial charge on any atom is -0.324 e. The molecule has 1 atom stereocenters. The average molecular weight is 235 g/mol. The van der Waals surface area contributed by atoms with Crippen molar-refractivity contribution in [2.24, 2.45) is 5.73 Å². The molecule has 0 bridgehead atoms. The SMILES string of the molecule is CCC[C@@H](N)c1cc2ccccc2nc1Cl. The van der Waals surface area contributed by atoms with Gasteiger partial charge in [0.25, 0.3) is 0 Å². The molecule has 0 fully saturated rings. The number of rotatable bonds is 3. The predicted molar refractivity (Wildman–Crippen MR) is 68.6 cm³/mol. The fourth-order valence-corrected chi connectivity index (χ4v) is 2.12. The molecule has 3 heteroatoms. The number of benzene rings is 1. The lowest BCUT2D eigenvalue weighted by Crippen LogP contribution is -2.10. The van der Waals surface area contributed by atoms with Gasteiger partial charge in [-0.1, -0.05) is 43.1 Å². The van der Waals surface area contributed by atoms with Gasteiger partial charge in [-0.3, -0.25) is 0 Å². The zero-order chi connectivity index (χ0) is 11.5. The number of para-hydroxylation sites is 1. The number of pyridine rings is 1. The Balaban J connectivity index is 2.49. The molecule has 0 aliphatic heterocycles. The van der Waals surface area contributed by atoms with Crippen molar-refractivity contribution in [2.45, 2.75) is 25.8 Å². The first-order valence-corrected chi connectivity index (χ1v) is 5.91. The zero-order valence-corrected chi connectivity index (χ0v) is 10.0. The number of fused-ring (bicyclic) bond motifs is 1. The summed E-state index contributed by atoms with van der Waals surface area (Å²) in [4.78, 5) is 4.36. The van der Waals surface area contributed by atoms with E-state index in [0.717, 1.165) is 29.3 Å². The molecule has 0 spiro atoms. The van der Waals surface area contributed by atoms with Crippen LogP contribution in [0, 0.1) is 0 Å². The largest absolute Gasteiger partial charge is 0.324 e. The predicted octanol–water partition coefficient (Wildman–Crippen LogP) is 3.69. The van der Waals surface area contributed by atoms with Crippen molar-refractivity contribution in [3.63, 3.8) is 0 Å². The van der Waals surface area contributed by atoms with Gasteiger partial charge in [-0.15, -0.1) is 0 Å². The molecule has 0 amide bonds. The highest BCUT2D eigenvalue weighted by atomic mass is 35.5. The molecule has 2 rings (SSSR count). The summed E-state index contributed by atoms with van der Waals surface area (Å²) in [7, 11) is 0. The van der Waals surface area contributed by atoms with Gasteiger partial charge < -0.3 is 5.73 Å². The molecule has 0 unspecified atom stereocenters. The molecule has 84 valence electrons. The molecule has 1 aromatic heterocycles. The number of aromatic nitrogens is 1. The van der Waals surface area contributed by atoms with E-state index in [1.165, 1.54) is 0 Å². The third-order valence-corrected chi connectivity index (χ3v) is 3.01. The molecule has 2 N–H and O–H groups in total. The van der Waals surface area contributed by atoms with Crippen molar-refractivity contribution in [1.29, 1.82) is 0 Å². The van der Waals surface area contributed by atoms with Crippen molar-refractivity contribution >= 4 is 22.5 Å². The van der Waals surface area contributed by atoms with E-state index < -0.39 is 0 Å². The highest BCUT2D eigenvalue weighted by Gasteiger charge is 2.11. The minimum absolute atomic E-state index is 0.0189. The van der Waals surface area contributed by atoms with Gasteiger partial charge in [-0.2, -0.15) is 0 Å². The fourth-order valence-electron chi connectivity index (χ4n) is 1.84. The second kappa shape index (κ2) is 4.81. The maximum absolute atomic E-state index is 6.14. The van der Waals surface area contributed by atoms with Crippen molar-refractivity contribution in [1.82, 2.24) is 4.98 Å². The van der Waals surface area contributed by atoms with Crippen molar-refractivity contribution in [2.75, 3.05) is 0 Å². The van der Waals surface area contributed by atoms with Crippen LogP contribution in [0.25, 0.3) is 10.9 Å². The second-order valence-electron chi connectivity index (χ2n) is 3.96. The summed E-state index contributed by atoms with van der Waals surface area (Å²) < 4.78 is 0. The number of hydrogen-bond acceptors (Lipinski definition) is 2. The second-order valence-corrected chi connectivity index (χ2v) is 4.31. The molecule has 0 saturated heterocycles. The van der Waals surface area contributed by atoms with Crippen molar-refractivity contribution < 1.29 is 0 Å². The molecule has 2 nitrogen and oxygen atoms in total. The number of nitrogens with two attached hydrogens (primary N) is 1. The molecule has 0 aliphatic carbocycles. The van der Waals surface area contributed by atoms with E-state index in [0.29, 0.717) is 5.15 Å². The maximum Gasteiger partial charge on any atom is 0.134 e. The molecule has 2 aromatic rings. The third-order valence-electron chi connectivity index (χ3n) is 2.70. The van der Waals surface area contributed by atoms with Crippen molar-refractivity contribution in [3.8, 4) is 0 Å². The summed E-state index contributed by atoms with van der Waals surface area (Å²) in [5, 5.41) is 1.62. The zero-order valence-electron chi connectivity index (χ0n) is 9.28. The van der Waals surface area contributed by atoms with E-state index in [1.807, 2.05) is 30.3 Å². The Kier molecular flexibility index (Phi) is 3.42. The fraction of sp³-hybridized carbons (Fsp3) is 0.308.